The van der Waals surface area contributed by atoms with Crippen molar-refractivity contribution in [2.45, 2.75) is 32.4 Å². The van der Waals surface area contributed by atoms with Gasteiger partial charge in [-0.3, -0.25) is 19.1 Å². The molecule has 160 valence electrons. The zero-order valence-corrected chi connectivity index (χ0v) is 17.1. The van der Waals surface area contributed by atoms with Crippen LogP contribution < -0.4 is 20.7 Å². The van der Waals surface area contributed by atoms with Crippen LogP contribution in [0.15, 0.2) is 40.1 Å². The Labute approximate surface area is 177 Å². The predicted molar refractivity (Wildman–Crippen MR) is 113 cm³/mol. The third-order valence-electron chi connectivity index (χ3n) is 5.62. The maximum atomic E-state index is 13.2. The molecule has 0 atom stereocenters. The molecule has 5 rings (SSSR count). The Kier molecular flexibility index (Phi) is 4.72. The Morgan fingerprint density at radius 2 is 2.06 bits per heavy atom. The number of nitrogens with one attached hydrogen (secondary N) is 1. The largest absolute Gasteiger partial charge is 0.486 e. The molecule has 0 unspecified atom stereocenters. The van der Waals surface area contributed by atoms with E-state index in [4.69, 9.17) is 9.47 Å². The predicted octanol–water partition coefficient (Wildman–Crippen LogP) is 1.85. The van der Waals surface area contributed by atoms with Gasteiger partial charge in [0.05, 0.1) is 10.9 Å². The first-order chi connectivity index (χ1) is 15.1. The van der Waals surface area contributed by atoms with Crippen molar-refractivity contribution >= 4 is 16.9 Å². The van der Waals surface area contributed by atoms with Crippen LogP contribution >= 0.6 is 0 Å². The Balaban J connectivity index is 1.49. The number of aromatic nitrogens is 3. The van der Waals surface area contributed by atoms with Crippen LogP contribution in [0.5, 0.6) is 11.5 Å². The highest BCUT2D eigenvalue weighted by molar-refractivity contribution is 5.96. The average molecular weight is 422 g/mol. The Hall–Kier alpha value is -3.62. The number of fused-ring (bicyclic) bond motifs is 2. The van der Waals surface area contributed by atoms with Crippen LogP contribution in [-0.2, 0) is 6.54 Å². The standard InChI is InChI=1S/C22H22N4O5/c1-2-25(12-13-4-3-5-17-18(13)31-9-8-30-17)21(28)14-10-16-19(23-11-14)26(15-6-7-15)22(29)24-20(16)27/h3-5,10-11,15H,2,6-9,12H2,1H3,(H,24,27,29). The van der Waals surface area contributed by atoms with Crippen molar-refractivity contribution in [3.63, 3.8) is 0 Å². The number of H-pyrrole nitrogens is 1. The first kappa shape index (κ1) is 19.3. The maximum absolute atomic E-state index is 13.2. The van der Waals surface area contributed by atoms with Gasteiger partial charge in [0.15, 0.2) is 11.5 Å². The number of pyridine rings is 1. The van der Waals surface area contributed by atoms with Crippen LogP contribution in [-0.4, -0.2) is 45.1 Å². The third-order valence-corrected chi connectivity index (χ3v) is 5.62. The number of rotatable bonds is 5. The van der Waals surface area contributed by atoms with Crippen molar-refractivity contribution in [2.75, 3.05) is 19.8 Å². The van der Waals surface area contributed by atoms with Crippen LogP contribution in [0.2, 0.25) is 0 Å². The van der Waals surface area contributed by atoms with Gasteiger partial charge in [0.25, 0.3) is 11.5 Å². The lowest BCUT2D eigenvalue weighted by Gasteiger charge is -2.25. The minimum atomic E-state index is -0.537. The number of ether oxygens (including phenoxy) is 2. The van der Waals surface area contributed by atoms with Crippen molar-refractivity contribution in [2.24, 2.45) is 0 Å². The smallest absolute Gasteiger partial charge is 0.330 e. The van der Waals surface area contributed by atoms with E-state index in [1.165, 1.54) is 16.8 Å². The molecule has 1 aromatic carbocycles. The molecule has 1 saturated carbocycles. The summed E-state index contributed by atoms with van der Waals surface area (Å²) in [7, 11) is 0. The molecule has 0 radical (unpaired) electrons. The van der Waals surface area contributed by atoms with Crippen molar-refractivity contribution in [1.29, 1.82) is 0 Å². The van der Waals surface area contributed by atoms with Crippen molar-refractivity contribution in [3.8, 4) is 11.5 Å². The minimum absolute atomic E-state index is 0.0551. The molecular formula is C22H22N4O5. The van der Waals surface area contributed by atoms with E-state index in [-0.39, 0.29) is 17.3 Å². The van der Waals surface area contributed by atoms with Gasteiger partial charge < -0.3 is 14.4 Å². The lowest BCUT2D eigenvalue weighted by atomic mass is 10.1. The Bertz CT molecular complexity index is 1290. The minimum Gasteiger partial charge on any atom is -0.486 e. The fourth-order valence-corrected chi connectivity index (χ4v) is 3.90. The number of para-hydroxylation sites is 1. The number of amides is 1. The molecule has 0 saturated heterocycles. The highest BCUT2D eigenvalue weighted by atomic mass is 16.6. The molecule has 0 spiro atoms. The topological polar surface area (TPSA) is 107 Å². The van der Waals surface area contributed by atoms with Gasteiger partial charge in [-0.1, -0.05) is 12.1 Å². The second kappa shape index (κ2) is 7.57. The van der Waals surface area contributed by atoms with Gasteiger partial charge >= 0.3 is 5.69 Å². The molecule has 3 heterocycles. The second-order valence-corrected chi connectivity index (χ2v) is 7.72. The zero-order chi connectivity index (χ0) is 21.5. The molecule has 1 N–H and O–H groups in total. The van der Waals surface area contributed by atoms with Crippen molar-refractivity contribution in [1.82, 2.24) is 19.4 Å². The molecule has 2 aliphatic rings. The van der Waals surface area contributed by atoms with E-state index in [0.717, 1.165) is 18.4 Å². The van der Waals surface area contributed by atoms with Gasteiger partial charge in [-0.2, -0.15) is 0 Å². The summed E-state index contributed by atoms with van der Waals surface area (Å²) < 4.78 is 12.9. The summed E-state index contributed by atoms with van der Waals surface area (Å²) in [6.07, 6.45) is 3.19. The number of aromatic amines is 1. The van der Waals surface area contributed by atoms with Gasteiger partial charge in [-0.05, 0) is 31.9 Å². The van der Waals surface area contributed by atoms with Crippen LogP contribution in [0.25, 0.3) is 11.0 Å². The fourth-order valence-electron chi connectivity index (χ4n) is 3.90. The number of carbonyl (C=O) groups excluding carboxylic acids is 1. The molecule has 3 aromatic rings. The lowest BCUT2D eigenvalue weighted by Crippen LogP contribution is -2.32. The van der Waals surface area contributed by atoms with E-state index in [1.807, 2.05) is 25.1 Å². The number of hydrogen-bond donors (Lipinski definition) is 1. The van der Waals surface area contributed by atoms with Crippen LogP contribution in [0.1, 0.15) is 41.7 Å². The highest BCUT2D eigenvalue weighted by Crippen LogP contribution is 2.35. The summed E-state index contributed by atoms with van der Waals surface area (Å²) in [5.74, 6) is 1.07. The zero-order valence-electron chi connectivity index (χ0n) is 17.1. The number of hydrogen-bond acceptors (Lipinski definition) is 6. The van der Waals surface area contributed by atoms with E-state index in [9.17, 15) is 14.4 Å². The lowest BCUT2D eigenvalue weighted by molar-refractivity contribution is 0.0749. The maximum Gasteiger partial charge on any atom is 0.330 e. The summed E-state index contributed by atoms with van der Waals surface area (Å²) >= 11 is 0. The van der Waals surface area contributed by atoms with Gasteiger partial charge in [-0.15, -0.1) is 0 Å². The molecule has 1 aliphatic heterocycles. The van der Waals surface area contributed by atoms with Gasteiger partial charge in [0.2, 0.25) is 0 Å². The number of benzene rings is 1. The molecule has 9 heteroatoms. The first-order valence-electron chi connectivity index (χ1n) is 10.4. The molecule has 1 fully saturated rings. The molecular weight excluding hydrogens is 400 g/mol. The summed E-state index contributed by atoms with van der Waals surface area (Å²) in [5.41, 5.74) is 0.463. The van der Waals surface area contributed by atoms with E-state index >= 15 is 0 Å². The second-order valence-electron chi connectivity index (χ2n) is 7.72. The molecule has 1 amide bonds. The molecule has 31 heavy (non-hydrogen) atoms. The summed E-state index contributed by atoms with van der Waals surface area (Å²) in [4.78, 5) is 46.2. The molecule has 0 bridgehead atoms. The highest BCUT2D eigenvalue weighted by Gasteiger charge is 2.28. The van der Waals surface area contributed by atoms with E-state index in [2.05, 4.69) is 9.97 Å². The Morgan fingerprint density at radius 1 is 1.26 bits per heavy atom. The van der Waals surface area contributed by atoms with E-state index < -0.39 is 11.2 Å². The summed E-state index contributed by atoms with van der Waals surface area (Å²) in [5, 5.41) is 0.238. The van der Waals surface area contributed by atoms with Gasteiger partial charge in [0.1, 0.15) is 18.9 Å². The average Bonchev–Trinajstić information content (AvgIpc) is 3.62. The molecule has 1 aliphatic carbocycles. The first-order valence-corrected chi connectivity index (χ1v) is 10.4. The molecule has 2 aromatic heterocycles. The van der Waals surface area contributed by atoms with Crippen LogP contribution in [0.3, 0.4) is 0 Å². The van der Waals surface area contributed by atoms with Crippen LogP contribution in [0.4, 0.5) is 0 Å². The summed E-state index contributed by atoms with van der Waals surface area (Å²) in [6, 6.07) is 7.19. The quantitative estimate of drug-likeness (QED) is 0.673. The van der Waals surface area contributed by atoms with E-state index in [1.54, 1.807) is 4.90 Å². The summed E-state index contributed by atoms with van der Waals surface area (Å²) in [6.45, 7) is 3.63. The van der Waals surface area contributed by atoms with Crippen molar-refractivity contribution < 1.29 is 14.3 Å². The normalized spacial score (nSPS) is 15.1. The monoisotopic (exact) mass is 422 g/mol. The number of nitrogens with zero attached hydrogens (tertiary/aromatic N) is 3. The SMILES string of the molecule is CCN(Cc1cccc2c1OCCO2)C(=O)c1cnc2c(c1)c(=O)[nH]c(=O)n2C1CC1. The van der Waals surface area contributed by atoms with Crippen LogP contribution in [0, 0.1) is 0 Å². The van der Waals surface area contributed by atoms with E-state index in [0.29, 0.717) is 49.0 Å². The van der Waals surface area contributed by atoms with Gasteiger partial charge in [0, 0.05) is 30.9 Å². The third kappa shape index (κ3) is 3.45. The number of carbonyl (C=O) groups is 1. The fraction of sp³-hybridized carbons (Fsp3) is 0.364. The Morgan fingerprint density at radius 3 is 2.84 bits per heavy atom. The van der Waals surface area contributed by atoms with Gasteiger partial charge in [-0.25, -0.2) is 9.78 Å². The van der Waals surface area contributed by atoms with Crippen molar-refractivity contribution in [3.05, 3.63) is 62.4 Å². The molecule has 9 nitrogen and oxygen atoms in total.